The number of carboxylic acid groups (broad SMARTS) is 2. The minimum absolute atomic E-state index is 0.0906. The van der Waals surface area contributed by atoms with E-state index in [-0.39, 0.29) is 12.0 Å². The Morgan fingerprint density at radius 1 is 0.974 bits per heavy atom. The summed E-state index contributed by atoms with van der Waals surface area (Å²) in [5.74, 6) is -3.91. The summed E-state index contributed by atoms with van der Waals surface area (Å²) in [6, 6.07) is 2.27. The zero-order chi connectivity index (χ0) is 30.1. The second-order valence-electron chi connectivity index (χ2n) is 9.12. The van der Waals surface area contributed by atoms with Crippen molar-refractivity contribution in [3.8, 4) is 0 Å². The van der Waals surface area contributed by atoms with Gasteiger partial charge in [0.25, 0.3) is 5.91 Å². The maximum atomic E-state index is 12.9. The van der Waals surface area contributed by atoms with Crippen LogP contribution in [-0.4, -0.2) is 121 Å². The first-order valence-electron chi connectivity index (χ1n) is 11.8. The predicted molar refractivity (Wildman–Crippen MR) is 124 cm³/mol. The number of carbonyl (C=O) groups is 3. The van der Waals surface area contributed by atoms with Crippen molar-refractivity contribution in [3.05, 3.63) is 23.2 Å². The van der Waals surface area contributed by atoms with Gasteiger partial charge < -0.3 is 29.2 Å². The highest BCUT2D eigenvalue weighted by Gasteiger charge is 2.39. The Morgan fingerprint density at radius 2 is 1.49 bits per heavy atom. The van der Waals surface area contributed by atoms with E-state index in [9.17, 15) is 31.1 Å². The van der Waals surface area contributed by atoms with Gasteiger partial charge in [-0.15, -0.1) is 0 Å². The van der Waals surface area contributed by atoms with Gasteiger partial charge in [0.2, 0.25) is 0 Å². The lowest BCUT2D eigenvalue weighted by Gasteiger charge is -2.40. The summed E-state index contributed by atoms with van der Waals surface area (Å²) in [5, 5.41) is 14.2. The van der Waals surface area contributed by atoms with Crippen molar-refractivity contribution in [2.45, 2.75) is 51.2 Å². The molecule has 16 heteroatoms. The number of likely N-dealkylation sites (N-methyl/N-ethyl adjacent to an activating group) is 1. The largest absolute Gasteiger partial charge is 0.490 e. The van der Waals surface area contributed by atoms with Crippen LogP contribution in [0.5, 0.6) is 0 Å². The molecule has 0 aliphatic carbocycles. The van der Waals surface area contributed by atoms with E-state index in [0.29, 0.717) is 17.4 Å². The number of fused-ring (bicyclic) bond motifs is 1. The molecule has 2 unspecified atom stereocenters. The van der Waals surface area contributed by atoms with Crippen molar-refractivity contribution >= 4 is 17.8 Å². The Bertz CT molecular complexity index is 941. The topological polar surface area (TPSA) is 124 Å². The maximum Gasteiger partial charge on any atom is 0.490 e. The molecule has 0 spiro atoms. The Balaban J connectivity index is 0.000000449. The smallest absolute Gasteiger partial charge is 0.475 e. The van der Waals surface area contributed by atoms with Crippen LogP contribution in [0.3, 0.4) is 0 Å². The number of carboxylic acids is 2. The zero-order valence-corrected chi connectivity index (χ0v) is 21.9. The molecule has 224 valence electrons. The molecular formula is C23H33F6N3O7. The normalized spacial score (nSPS) is 20.1. The SMILES string of the molecule is Cc1cc(C(=O)N2CCC3OCCN(CCN(C)C)C3CC2)c(C)o1.O=C(O)C(F)(F)F.O=C(O)C(F)(F)F. The Hall–Kier alpha value is -2.85. The summed E-state index contributed by atoms with van der Waals surface area (Å²) in [6.07, 6.45) is -8.05. The molecule has 2 aliphatic rings. The molecule has 2 saturated heterocycles. The fraction of sp³-hybridized carbons (Fsp3) is 0.696. The number of furan rings is 1. The van der Waals surface area contributed by atoms with Gasteiger partial charge >= 0.3 is 24.3 Å². The van der Waals surface area contributed by atoms with Crippen molar-refractivity contribution in [3.63, 3.8) is 0 Å². The molecule has 1 aromatic heterocycles. The highest BCUT2D eigenvalue weighted by Crippen LogP contribution is 2.25. The minimum Gasteiger partial charge on any atom is -0.475 e. The molecular weight excluding hydrogens is 544 g/mol. The van der Waals surface area contributed by atoms with Crippen LogP contribution in [0.2, 0.25) is 0 Å². The van der Waals surface area contributed by atoms with Gasteiger partial charge in [-0.2, -0.15) is 26.3 Å². The van der Waals surface area contributed by atoms with E-state index in [2.05, 4.69) is 23.9 Å². The van der Waals surface area contributed by atoms with Crippen LogP contribution >= 0.6 is 0 Å². The number of likely N-dealkylation sites (tertiary alicyclic amines) is 1. The van der Waals surface area contributed by atoms with E-state index in [4.69, 9.17) is 29.0 Å². The lowest BCUT2D eigenvalue weighted by Crippen LogP contribution is -2.52. The molecule has 10 nitrogen and oxygen atoms in total. The number of aliphatic carboxylic acids is 2. The fourth-order valence-corrected chi connectivity index (χ4v) is 3.98. The molecule has 0 saturated carbocycles. The van der Waals surface area contributed by atoms with Gasteiger partial charge in [-0.1, -0.05) is 0 Å². The zero-order valence-electron chi connectivity index (χ0n) is 21.9. The van der Waals surface area contributed by atoms with E-state index < -0.39 is 24.3 Å². The second kappa shape index (κ2) is 14.5. The highest BCUT2D eigenvalue weighted by molar-refractivity contribution is 5.95. The first kappa shape index (κ1) is 34.2. The molecule has 3 heterocycles. The molecule has 1 aromatic rings. The number of halogens is 6. The number of alkyl halides is 6. The molecule has 2 aliphatic heterocycles. The molecule has 2 atom stereocenters. The van der Waals surface area contributed by atoms with Gasteiger partial charge in [0.1, 0.15) is 11.5 Å². The monoisotopic (exact) mass is 577 g/mol. The number of hydrogen-bond acceptors (Lipinski definition) is 7. The number of ether oxygens (including phenoxy) is 1. The molecule has 2 N–H and O–H groups in total. The first-order valence-corrected chi connectivity index (χ1v) is 11.8. The quantitative estimate of drug-likeness (QED) is 0.520. The van der Waals surface area contributed by atoms with Crippen LogP contribution in [0.25, 0.3) is 0 Å². The number of carbonyl (C=O) groups excluding carboxylic acids is 1. The van der Waals surface area contributed by atoms with E-state index >= 15 is 0 Å². The lowest BCUT2D eigenvalue weighted by molar-refractivity contribution is -0.193. The number of morpholine rings is 1. The predicted octanol–water partition coefficient (Wildman–Crippen LogP) is 3.03. The minimum atomic E-state index is -5.08. The van der Waals surface area contributed by atoms with Gasteiger partial charge in [0.15, 0.2) is 0 Å². The Kier molecular flexibility index (Phi) is 12.7. The first-order chi connectivity index (χ1) is 17.8. The molecule has 0 radical (unpaired) electrons. The summed E-state index contributed by atoms with van der Waals surface area (Å²) in [7, 11) is 4.22. The summed E-state index contributed by atoms with van der Waals surface area (Å²) >= 11 is 0. The van der Waals surface area contributed by atoms with Crippen LogP contribution in [0.1, 0.15) is 34.7 Å². The van der Waals surface area contributed by atoms with Crippen LogP contribution in [0, 0.1) is 13.8 Å². The van der Waals surface area contributed by atoms with Crippen molar-refractivity contribution in [2.24, 2.45) is 0 Å². The third-order valence-corrected chi connectivity index (χ3v) is 5.86. The Morgan fingerprint density at radius 3 is 1.92 bits per heavy atom. The third-order valence-electron chi connectivity index (χ3n) is 5.86. The summed E-state index contributed by atoms with van der Waals surface area (Å²) in [5.41, 5.74) is 0.702. The summed E-state index contributed by atoms with van der Waals surface area (Å²) < 4.78 is 75.1. The second-order valence-corrected chi connectivity index (χ2v) is 9.12. The number of amides is 1. The summed E-state index contributed by atoms with van der Waals surface area (Å²) in [6.45, 7) is 9.19. The molecule has 39 heavy (non-hydrogen) atoms. The summed E-state index contributed by atoms with van der Waals surface area (Å²) in [4.78, 5) is 37.4. The van der Waals surface area contributed by atoms with Gasteiger partial charge in [0.05, 0.1) is 18.3 Å². The van der Waals surface area contributed by atoms with Crippen LogP contribution in [0.15, 0.2) is 10.5 Å². The fourth-order valence-electron chi connectivity index (χ4n) is 3.98. The average Bonchev–Trinajstić information content (AvgIpc) is 3.01. The number of rotatable bonds is 4. The molecule has 1 amide bonds. The molecule has 0 bridgehead atoms. The van der Waals surface area contributed by atoms with Crippen molar-refractivity contribution in [2.75, 3.05) is 53.4 Å². The maximum absolute atomic E-state index is 12.9. The molecule has 0 aromatic carbocycles. The standard InChI is InChI=1S/C19H31N3O3.2C2HF3O2/c1-14-13-16(15(2)25-14)19(23)22-7-5-17-18(6-8-22)24-12-11-21(17)10-9-20(3)4;2*3-2(4,5)1(6)7/h13,17-18H,5-12H2,1-4H3;2*(H,6,7). The highest BCUT2D eigenvalue weighted by atomic mass is 19.4. The van der Waals surface area contributed by atoms with E-state index in [1.54, 1.807) is 0 Å². The Labute approximate surface area is 221 Å². The van der Waals surface area contributed by atoms with Gasteiger partial charge in [0, 0.05) is 38.8 Å². The molecule has 2 fully saturated rings. The van der Waals surface area contributed by atoms with E-state index in [1.165, 1.54) is 0 Å². The van der Waals surface area contributed by atoms with E-state index in [1.807, 2.05) is 24.8 Å². The lowest BCUT2D eigenvalue weighted by atomic mass is 10.0. The van der Waals surface area contributed by atoms with Crippen molar-refractivity contribution in [1.82, 2.24) is 14.7 Å². The van der Waals surface area contributed by atoms with Gasteiger partial charge in [-0.25, -0.2) is 9.59 Å². The number of hydrogen-bond donors (Lipinski definition) is 2. The van der Waals surface area contributed by atoms with Crippen LogP contribution in [0.4, 0.5) is 26.3 Å². The van der Waals surface area contributed by atoms with E-state index in [0.717, 1.165) is 57.9 Å². The van der Waals surface area contributed by atoms with Gasteiger partial charge in [-0.3, -0.25) is 9.69 Å². The third kappa shape index (κ3) is 11.4. The number of nitrogens with zero attached hydrogens (tertiary/aromatic N) is 3. The molecule has 3 rings (SSSR count). The number of aryl methyl sites for hydroxylation is 2. The van der Waals surface area contributed by atoms with Crippen molar-refractivity contribution in [1.29, 1.82) is 0 Å². The average molecular weight is 578 g/mol. The van der Waals surface area contributed by atoms with Crippen LogP contribution in [-0.2, 0) is 14.3 Å². The van der Waals surface area contributed by atoms with Gasteiger partial charge in [-0.05, 0) is 46.9 Å². The van der Waals surface area contributed by atoms with Crippen molar-refractivity contribution < 1.29 is 60.1 Å². The van der Waals surface area contributed by atoms with Crippen LogP contribution < -0.4 is 0 Å².